The van der Waals surface area contributed by atoms with E-state index in [1.54, 1.807) is 0 Å². The Bertz CT molecular complexity index is 378. The van der Waals surface area contributed by atoms with E-state index in [9.17, 15) is 0 Å². The fourth-order valence-electron chi connectivity index (χ4n) is 2.00. The number of hydrogen-bond donors (Lipinski definition) is 2. The predicted molar refractivity (Wildman–Crippen MR) is 66.8 cm³/mol. The van der Waals surface area contributed by atoms with Gasteiger partial charge in [0.1, 0.15) is 5.82 Å². The smallest absolute Gasteiger partial charge is 0.239 e. The van der Waals surface area contributed by atoms with Crippen LogP contribution in [0.25, 0.3) is 0 Å². The van der Waals surface area contributed by atoms with Crippen molar-refractivity contribution in [1.29, 1.82) is 0 Å². The van der Waals surface area contributed by atoms with E-state index in [4.69, 9.17) is 10.6 Å². The summed E-state index contributed by atoms with van der Waals surface area (Å²) in [7, 11) is 2.00. The Morgan fingerprint density at radius 3 is 3.06 bits per heavy atom. The van der Waals surface area contributed by atoms with Crippen LogP contribution in [-0.2, 0) is 4.74 Å². The van der Waals surface area contributed by atoms with Crippen molar-refractivity contribution in [2.75, 3.05) is 30.5 Å². The summed E-state index contributed by atoms with van der Waals surface area (Å²) < 4.78 is 5.61. The van der Waals surface area contributed by atoms with Gasteiger partial charge in [-0.2, -0.15) is 4.98 Å². The van der Waals surface area contributed by atoms with Crippen LogP contribution in [0.15, 0.2) is 6.07 Å². The van der Waals surface area contributed by atoms with Gasteiger partial charge < -0.3 is 9.64 Å². The fourth-order valence-corrected chi connectivity index (χ4v) is 2.00. The summed E-state index contributed by atoms with van der Waals surface area (Å²) in [5.41, 5.74) is 3.37. The van der Waals surface area contributed by atoms with E-state index in [1.807, 2.05) is 20.0 Å². The van der Waals surface area contributed by atoms with E-state index in [0.717, 1.165) is 37.5 Å². The number of hydrazine groups is 1. The van der Waals surface area contributed by atoms with Crippen LogP contribution >= 0.6 is 0 Å². The van der Waals surface area contributed by atoms with E-state index in [1.165, 1.54) is 0 Å². The van der Waals surface area contributed by atoms with E-state index in [0.29, 0.717) is 12.1 Å². The van der Waals surface area contributed by atoms with Crippen molar-refractivity contribution in [2.45, 2.75) is 25.9 Å². The molecule has 0 radical (unpaired) electrons. The van der Waals surface area contributed by atoms with Crippen molar-refractivity contribution >= 4 is 11.8 Å². The van der Waals surface area contributed by atoms with Gasteiger partial charge in [-0.25, -0.2) is 10.8 Å². The summed E-state index contributed by atoms with van der Waals surface area (Å²) in [5.74, 6) is 6.64. The third-order valence-corrected chi connectivity index (χ3v) is 2.86. The molecule has 6 nitrogen and oxygen atoms in total. The molecule has 0 saturated carbocycles. The fraction of sp³-hybridized carbons (Fsp3) is 0.636. The van der Waals surface area contributed by atoms with Gasteiger partial charge in [0.15, 0.2) is 0 Å². The first kappa shape index (κ1) is 12.1. The third kappa shape index (κ3) is 3.04. The van der Waals surface area contributed by atoms with Crippen LogP contribution < -0.4 is 16.2 Å². The minimum absolute atomic E-state index is 0.310. The van der Waals surface area contributed by atoms with Crippen molar-refractivity contribution in [3.05, 3.63) is 11.8 Å². The summed E-state index contributed by atoms with van der Waals surface area (Å²) in [5, 5.41) is 0. The van der Waals surface area contributed by atoms with Gasteiger partial charge in [0.05, 0.1) is 6.10 Å². The number of nitrogen functional groups attached to an aromatic ring is 1. The molecule has 6 heteroatoms. The number of nitrogens with zero attached hydrogens (tertiary/aromatic N) is 3. The lowest BCUT2D eigenvalue weighted by molar-refractivity contribution is 0.116. The van der Waals surface area contributed by atoms with Crippen molar-refractivity contribution in [2.24, 2.45) is 5.84 Å². The van der Waals surface area contributed by atoms with Crippen LogP contribution in [0, 0.1) is 6.92 Å². The molecule has 1 fully saturated rings. The minimum atomic E-state index is 0.310. The highest BCUT2D eigenvalue weighted by Crippen LogP contribution is 2.17. The van der Waals surface area contributed by atoms with E-state index in [2.05, 4.69) is 20.3 Å². The molecule has 1 aromatic heterocycles. The molecule has 1 saturated heterocycles. The Balaban J connectivity index is 2.06. The molecule has 3 N–H and O–H groups in total. The largest absolute Gasteiger partial charge is 0.376 e. The summed E-state index contributed by atoms with van der Waals surface area (Å²) in [6, 6.07) is 1.94. The first-order valence-electron chi connectivity index (χ1n) is 5.84. The number of nitrogens with one attached hydrogen (secondary N) is 1. The van der Waals surface area contributed by atoms with Gasteiger partial charge in [-0.15, -0.1) is 0 Å². The van der Waals surface area contributed by atoms with Gasteiger partial charge >= 0.3 is 0 Å². The lowest BCUT2D eigenvalue weighted by atomic mass is 10.2. The van der Waals surface area contributed by atoms with Crippen molar-refractivity contribution < 1.29 is 4.74 Å². The van der Waals surface area contributed by atoms with Crippen LogP contribution in [0.2, 0.25) is 0 Å². The van der Waals surface area contributed by atoms with Crippen LogP contribution in [0.3, 0.4) is 0 Å². The van der Waals surface area contributed by atoms with Crippen LogP contribution in [0.5, 0.6) is 0 Å². The molecule has 1 aromatic rings. The summed E-state index contributed by atoms with van der Waals surface area (Å²) >= 11 is 0. The zero-order valence-electron chi connectivity index (χ0n) is 10.3. The normalized spacial score (nSPS) is 19.4. The average molecular weight is 237 g/mol. The Kier molecular flexibility index (Phi) is 3.75. The Labute approximate surface area is 101 Å². The van der Waals surface area contributed by atoms with Gasteiger partial charge in [-0.3, -0.25) is 5.43 Å². The maximum Gasteiger partial charge on any atom is 0.239 e. The molecule has 0 spiro atoms. The Hall–Kier alpha value is -1.40. The highest BCUT2D eigenvalue weighted by Gasteiger charge is 2.18. The quantitative estimate of drug-likeness (QED) is 0.592. The molecule has 2 rings (SSSR count). The molecule has 2 heterocycles. The molecule has 1 atom stereocenters. The molecule has 1 aliphatic heterocycles. The second-order valence-electron chi connectivity index (χ2n) is 4.35. The number of nitrogens with two attached hydrogens (primary N) is 1. The summed E-state index contributed by atoms with van der Waals surface area (Å²) in [6.45, 7) is 3.64. The number of likely N-dealkylation sites (N-methyl/N-ethyl adjacent to an activating group) is 1. The van der Waals surface area contributed by atoms with Crippen LogP contribution in [-0.4, -0.2) is 36.3 Å². The summed E-state index contributed by atoms with van der Waals surface area (Å²) in [4.78, 5) is 10.6. The molecular formula is C11H19N5O. The lowest BCUT2D eigenvalue weighted by Crippen LogP contribution is -2.29. The van der Waals surface area contributed by atoms with Crippen molar-refractivity contribution in [1.82, 2.24) is 9.97 Å². The van der Waals surface area contributed by atoms with Crippen LogP contribution in [0.4, 0.5) is 11.8 Å². The molecule has 0 amide bonds. The Morgan fingerprint density at radius 1 is 1.59 bits per heavy atom. The van der Waals surface area contributed by atoms with Gasteiger partial charge in [-0.05, 0) is 19.8 Å². The zero-order chi connectivity index (χ0) is 12.3. The molecule has 1 unspecified atom stereocenters. The predicted octanol–water partition coefficient (Wildman–Crippen LogP) is 0.686. The number of aryl methyl sites for hydroxylation is 1. The maximum absolute atomic E-state index is 5.61. The highest BCUT2D eigenvalue weighted by molar-refractivity contribution is 5.43. The monoisotopic (exact) mass is 237 g/mol. The standard InChI is InChI=1S/C11H19N5O/c1-8-6-10(14-11(13-8)15-12)16(2)7-9-4-3-5-17-9/h6,9H,3-5,7,12H2,1-2H3,(H,13,14,15). The highest BCUT2D eigenvalue weighted by atomic mass is 16.5. The second kappa shape index (κ2) is 5.29. The lowest BCUT2D eigenvalue weighted by Gasteiger charge is -2.22. The van der Waals surface area contributed by atoms with Gasteiger partial charge in [0, 0.05) is 32.0 Å². The number of ether oxygens (including phenoxy) is 1. The topological polar surface area (TPSA) is 76.3 Å². The SMILES string of the molecule is Cc1cc(N(C)CC2CCCO2)nc(NN)n1. The molecule has 0 bridgehead atoms. The average Bonchev–Trinajstić information content (AvgIpc) is 2.81. The molecule has 94 valence electrons. The first-order chi connectivity index (χ1) is 8.19. The second-order valence-corrected chi connectivity index (χ2v) is 4.35. The van der Waals surface area contributed by atoms with E-state index >= 15 is 0 Å². The van der Waals surface area contributed by atoms with Crippen molar-refractivity contribution in [3.63, 3.8) is 0 Å². The molecule has 17 heavy (non-hydrogen) atoms. The summed E-state index contributed by atoms with van der Waals surface area (Å²) in [6.07, 6.45) is 2.58. The molecule has 0 aromatic carbocycles. The minimum Gasteiger partial charge on any atom is -0.376 e. The number of hydrogen-bond acceptors (Lipinski definition) is 6. The van der Waals surface area contributed by atoms with E-state index in [-0.39, 0.29) is 0 Å². The third-order valence-electron chi connectivity index (χ3n) is 2.86. The number of anilines is 2. The number of rotatable bonds is 4. The van der Waals surface area contributed by atoms with Gasteiger partial charge in [0.25, 0.3) is 0 Å². The Morgan fingerprint density at radius 2 is 2.41 bits per heavy atom. The van der Waals surface area contributed by atoms with Crippen LogP contribution in [0.1, 0.15) is 18.5 Å². The molecule has 1 aliphatic rings. The maximum atomic E-state index is 5.61. The van der Waals surface area contributed by atoms with Crippen molar-refractivity contribution in [3.8, 4) is 0 Å². The van der Waals surface area contributed by atoms with E-state index < -0.39 is 0 Å². The molecule has 0 aliphatic carbocycles. The number of aromatic nitrogens is 2. The zero-order valence-corrected chi connectivity index (χ0v) is 10.3. The molecular weight excluding hydrogens is 218 g/mol. The first-order valence-corrected chi connectivity index (χ1v) is 5.84. The van der Waals surface area contributed by atoms with Gasteiger partial charge in [-0.1, -0.05) is 0 Å². The van der Waals surface area contributed by atoms with Gasteiger partial charge in [0.2, 0.25) is 5.95 Å².